The van der Waals surface area contributed by atoms with E-state index < -0.39 is 17.7 Å². The molecule has 0 spiro atoms. The van der Waals surface area contributed by atoms with E-state index in [2.05, 4.69) is 10.4 Å². The molecular formula is C14H15Cl2F2N3. The maximum Gasteiger partial charge on any atom is 0.142 e. The lowest BCUT2D eigenvalue weighted by molar-refractivity contribution is 0.474. The minimum absolute atomic E-state index is 0.0311. The van der Waals surface area contributed by atoms with Gasteiger partial charge in [0.1, 0.15) is 11.6 Å². The van der Waals surface area contributed by atoms with E-state index in [0.717, 1.165) is 12.1 Å². The van der Waals surface area contributed by atoms with Gasteiger partial charge in [-0.2, -0.15) is 5.10 Å². The van der Waals surface area contributed by atoms with Gasteiger partial charge in [-0.25, -0.2) is 8.78 Å². The lowest BCUT2D eigenvalue weighted by atomic mass is 10.0. The summed E-state index contributed by atoms with van der Waals surface area (Å²) in [5.74, 6) is -1.28. The maximum absolute atomic E-state index is 14.2. The Kier molecular flexibility index (Phi) is 4.86. The minimum atomic E-state index is -0.681. The van der Waals surface area contributed by atoms with Crippen molar-refractivity contribution in [2.24, 2.45) is 0 Å². The van der Waals surface area contributed by atoms with E-state index >= 15 is 0 Å². The van der Waals surface area contributed by atoms with Crippen LogP contribution in [0.3, 0.4) is 0 Å². The van der Waals surface area contributed by atoms with Crippen molar-refractivity contribution in [2.45, 2.75) is 25.9 Å². The number of aromatic nitrogens is 2. The van der Waals surface area contributed by atoms with Gasteiger partial charge >= 0.3 is 0 Å². The first kappa shape index (κ1) is 16.2. The van der Waals surface area contributed by atoms with Crippen LogP contribution in [0.25, 0.3) is 0 Å². The molecule has 0 aliphatic heterocycles. The summed E-state index contributed by atoms with van der Waals surface area (Å²) in [4.78, 5) is 0. The van der Waals surface area contributed by atoms with Crippen molar-refractivity contribution in [2.75, 3.05) is 7.05 Å². The van der Waals surface area contributed by atoms with Gasteiger partial charge in [-0.3, -0.25) is 4.68 Å². The van der Waals surface area contributed by atoms with Gasteiger partial charge in [0, 0.05) is 11.6 Å². The van der Waals surface area contributed by atoms with Crippen LogP contribution in [0.4, 0.5) is 8.78 Å². The van der Waals surface area contributed by atoms with Gasteiger partial charge in [0.15, 0.2) is 0 Å². The number of rotatable bonds is 4. The Morgan fingerprint density at radius 2 is 1.81 bits per heavy atom. The van der Waals surface area contributed by atoms with Gasteiger partial charge in [-0.1, -0.05) is 23.2 Å². The number of hydrogen-bond donors (Lipinski definition) is 1. The summed E-state index contributed by atoms with van der Waals surface area (Å²) in [6.07, 6.45) is 1.49. The molecule has 0 amide bonds. The first-order chi connectivity index (χ1) is 9.86. The second-order valence-electron chi connectivity index (χ2n) is 4.93. The summed E-state index contributed by atoms with van der Waals surface area (Å²) in [6.45, 7) is 3.86. The number of nitrogens with zero attached hydrogens (tertiary/aromatic N) is 2. The lowest BCUT2D eigenvalue weighted by Gasteiger charge is -2.21. The van der Waals surface area contributed by atoms with Gasteiger partial charge in [-0.15, -0.1) is 0 Å². The largest absolute Gasteiger partial charge is 0.308 e. The zero-order valence-electron chi connectivity index (χ0n) is 11.8. The highest BCUT2D eigenvalue weighted by molar-refractivity contribution is 6.31. The smallest absolute Gasteiger partial charge is 0.142 e. The van der Waals surface area contributed by atoms with Crippen molar-refractivity contribution in [3.8, 4) is 0 Å². The van der Waals surface area contributed by atoms with Crippen LogP contribution in [0.1, 0.15) is 37.2 Å². The molecule has 3 nitrogen and oxygen atoms in total. The third kappa shape index (κ3) is 3.05. The molecule has 7 heteroatoms. The summed E-state index contributed by atoms with van der Waals surface area (Å²) in [5, 5.41) is 7.26. The highest BCUT2D eigenvalue weighted by Gasteiger charge is 2.25. The number of hydrogen-bond acceptors (Lipinski definition) is 2. The summed E-state index contributed by atoms with van der Waals surface area (Å²) in [6, 6.07) is 1.44. The molecule has 1 N–H and O–H groups in total. The number of nitrogens with one attached hydrogen (secondary N) is 1. The van der Waals surface area contributed by atoms with E-state index in [-0.39, 0.29) is 16.6 Å². The molecule has 2 rings (SSSR count). The van der Waals surface area contributed by atoms with Crippen molar-refractivity contribution >= 4 is 23.2 Å². The van der Waals surface area contributed by atoms with Crippen LogP contribution in [0.2, 0.25) is 10.0 Å². The van der Waals surface area contributed by atoms with Crippen molar-refractivity contribution in [3.05, 3.63) is 51.3 Å². The molecule has 0 saturated heterocycles. The summed E-state index contributed by atoms with van der Waals surface area (Å²) in [7, 11) is 1.64. The summed E-state index contributed by atoms with van der Waals surface area (Å²) < 4.78 is 29.5. The summed E-state index contributed by atoms with van der Waals surface area (Å²) in [5.41, 5.74) is 0.707. The second kappa shape index (κ2) is 6.30. The Balaban J connectivity index is 2.60. The van der Waals surface area contributed by atoms with Crippen LogP contribution in [-0.4, -0.2) is 16.8 Å². The molecule has 1 aromatic heterocycles. The fraction of sp³-hybridized carbons (Fsp3) is 0.357. The average Bonchev–Trinajstić information content (AvgIpc) is 2.79. The van der Waals surface area contributed by atoms with Gasteiger partial charge in [-0.05, 0) is 33.0 Å². The molecule has 0 aliphatic carbocycles. The molecule has 0 radical (unpaired) electrons. The number of halogens is 4. The Bertz CT molecular complexity index is 656. The summed E-state index contributed by atoms with van der Waals surface area (Å²) >= 11 is 11.8. The van der Waals surface area contributed by atoms with Crippen molar-refractivity contribution in [1.29, 1.82) is 0 Å². The zero-order valence-corrected chi connectivity index (χ0v) is 13.3. The molecule has 1 unspecified atom stereocenters. The Hall–Kier alpha value is -1.17. The fourth-order valence-corrected chi connectivity index (χ4v) is 2.62. The van der Waals surface area contributed by atoms with Crippen LogP contribution in [0, 0.1) is 11.6 Å². The average molecular weight is 334 g/mol. The Labute approximate surface area is 131 Å². The van der Waals surface area contributed by atoms with E-state index in [1.54, 1.807) is 11.7 Å². The van der Waals surface area contributed by atoms with E-state index in [9.17, 15) is 8.78 Å². The number of benzene rings is 1. The van der Waals surface area contributed by atoms with E-state index in [0.29, 0.717) is 10.7 Å². The fourth-order valence-electron chi connectivity index (χ4n) is 2.23. The second-order valence-corrected chi connectivity index (χ2v) is 5.74. The SMILES string of the molecule is CNC(c1cc(F)c(Cl)cc1F)c1c(Cl)cnn1C(C)C. The van der Waals surface area contributed by atoms with Crippen LogP contribution in [0.5, 0.6) is 0 Å². The van der Waals surface area contributed by atoms with Gasteiger partial charge in [0.2, 0.25) is 0 Å². The molecule has 0 saturated carbocycles. The first-order valence-corrected chi connectivity index (χ1v) is 7.17. The standard InChI is InChI=1S/C14H15Cl2F2N3/c1-7(2)21-14(10(16)6-20-21)13(19-3)8-4-12(18)9(15)5-11(8)17/h4-7,13,19H,1-3H3. The molecule has 1 aromatic carbocycles. The molecule has 1 heterocycles. The molecular weight excluding hydrogens is 319 g/mol. The molecule has 0 aliphatic rings. The third-order valence-electron chi connectivity index (χ3n) is 3.19. The molecule has 0 fully saturated rings. The highest BCUT2D eigenvalue weighted by atomic mass is 35.5. The van der Waals surface area contributed by atoms with Crippen LogP contribution < -0.4 is 5.32 Å². The predicted octanol–water partition coefficient (Wildman–Crippen LogP) is 4.36. The maximum atomic E-state index is 14.2. The quantitative estimate of drug-likeness (QED) is 0.842. The first-order valence-electron chi connectivity index (χ1n) is 6.41. The lowest BCUT2D eigenvalue weighted by Crippen LogP contribution is -2.24. The third-order valence-corrected chi connectivity index (χ3v) is 3.77. The molecule has 114 valence electrons. The van der Waals surface area contributed by atoms with E-state index in [1.165, 1.54) is 6.20 Å². The van der Waals surface area contributed by atoms with Gasteiger partial charge < -0.3 is 5.32 Å². The van der Waals surface area contributed by atoms with Crippen LogP contribution in [0.15, 0.2) is 18.3 Å². The van der Waals surface area contributed by atoms with E-state index in [1.807, 2.05) is 13.8 Å². The van der Waals surface area contributed by atoms with Crippen molar-refractivity contribution < 1.29 is 8.78 Å². The highest BCUT2D eigenvalue weighted by Crippen LogP contribution is 2.33. The minimum Gasteiger partial charge on any atom is -0.308 e. The van der Waals surface area contributed by atoms with Crippen LogP contribution in [-0.2, 0) is 0 Å². The van der Waals surface area contributed by atoms with Crippen LogP contribution >= 0.6 is 23.2 Å². The molecule has 1 atom stereocenters. The topological polar surface area (TPSA) is 29.9 Å². The predicted molar refractivity (Wildman–Crippen MR) is 79.9 cm³/mol. The Morgan fingerprint density at radius 3 is 2.38 bits per heavy atom. The van der Waals surface area contributed by atoms with Crippen molar-refractivity contribution in [3.63, 3.8) is 0 Å². The zero-order chi connectivity index (χ0) is 15.7. The normalized spacial score (nSPS) is 13.0. The van der Waals surface area contributed by atoms with Crippen molar-refractivity contribution in [1.82, 2.24) is 15.1 Å². The molecule has 21 heavy (non-hydrogen) atoms. The molecule has 2 aromatic rings. The Morgan fingerprint density at radius 1 is 1.14 bits per heavy atom. The molecule has 0 bridgehead atoms. The monoisotopic (exact) mass is 333 g/mol. The van der Waals surface area contributed by atoms with E-state index in [4.69, 9.17) is 23.2 Å². The van der Waals surface area contributed by atoms with Gasteiger partial charge in [0.05, 0.1) is 28.0 Å². The van der Waals surface area contributed by atoms with Gasteiger partial charge in [0.25, 0.3) is 0 Å².